The highest BCUT2D eigenvalue weighted by molar-refractivity contribution is 8.00. The fraction of sp³-hybridized carbons (Fsp3) is 0.0741. The number of benzene rings is 2. The van der Waals surface area contributed by atoms with Crippen molar-refractivity contribution < 1.29 is 14.4 Å². The molecule has 0 aliphatic carbocycles. The molecule has 0 saturated carbocycles. The van der Waals surface area contributed by atoms with Crippen LogP contribution in [0.1, 0.15) is 21.6 Å². The van der Waals surface area contributed by atoms with Crippen LogP contribution in [0.4, 0.5) is 10.8 Å². The molecule has 37 heavy (non-hydrogen) atoms. The largest absolute Gasteiger partial charge is 0.321 e. The Morgan fingerprint density at radius 3 is 2.57 bits per heavy atom. The summed E-state index contributed by atoms with van der Waals surface area (Å²) in [7, 11) is 0. The van der Waals surface area contributed by atoms with Gasteiger partial charge in [0.1, 0.15) is 5.70 Å². The zero-order valence-electron chi connectivity index (χ0n) is 19.8. The lowest BCUT2D eigenvalue weighted by Gasteiger charge is -2.12. The summed E-state index contributed by atoms with van der Waals surface area (Å²) in [5.41, 5.74) is 2.53. The summed E-state index contributed by atoms with van der Waals surface area (Å²) < 4.78 is 0. The minimum Gasteiger partial charge on any atom is -0.321 e. The van der Waals surface area contributed by atoms with Gasteiger partial charge in [0.25, 0.3) is 11.8 Å². The number of carbonyl (C=O) groups is 3. The molecule has 0 bridgehead atoms. The quantitative estimate of drug-likeness (QED) is 0.208. The summed E-state index contributed by atoms with van der Waals surface area (Å²) in [5, 5.41) is 10.7. The first-order valence-corrected chi connectivity index (χ1v) is 13.1. The number of nitrogens with zero attached hydrogens (tertiary/aromatic N) is 2. The number of aryl methyl sites for hydroxylation is 1. The van der Waals surface area contributed by atoms with Gasteiger partial charge in [0.2, 0.25) is 5.91 Å². The second-order valence-corrected chi connectivity index (χ2v) is 9.68. The van der Waals surface area contributed by atoms with Gasteiger partial charge < -0.3 is 16.0 Å². The number of rotatable bonds is 9. The fourth-order valence-electron chi connectivity index (χ4n) is 3.15. The van der Waals surface area contributed by atoms with Crippen LogP contribution in [-0.4, -0.2) is 33.4 Å². The van der Waals surface area contributed by atoms with Crippen molar-refractivity contribution in [1.82, 2.24) is 15.3 Å². The molecule has 2 heterocycles. The Labute approximate surface area is 222 Å². The van der Waals surface area contributed by atoms with Crippen LogP contribution in [-0.2, 0) is 9.59 Å². The number of nitrogens with one attached hydrogen (secondary N) is 3. The van der Waals surface area contributed by atoms with Crippen LogP contribution in [0.5, 0.6) is 0 Å². The first-order chi connectivity index (χ1) is 18.0. The normalized spacial score (nSPS) is 11.0. The Bertz CT molecular complexity index is 1420. The van der Waals surface area contributed by atoms with Gasteiger partial charge >= 0.3 is 0 Å². The molecular formula is C27H23N5O3S2. The summed E-state index contributed by atoms with van der Waals surface area (Å²) in [5.74, 6) is -0.877. The molecule has 3 N–H and O–H groups in total. The first-order valence-electron chi connectivity index (χ1n) is 11.2. The molecule has 0 fully saturated rings. The zero-order valence-corrected chi connectivity index (χ0v) is 21.4. The van der Waals surface area contributed by atoms with E-state index in [1.807, 2.05) is 24.4 Å². The van der Waals surface area contributed by atoms with E-state index in [1.165, 1.54) is 23.1 Å². The van der Waals surface area contributed by atoms with Gasteiger partial charge in [-0.2, -0.15) is 0 Å². The maximum Gasteiger partial charge on any atom is 0.272 e. The smallest absolute Gasteiger partial charge is 0.272 e. The number of hydrogen-bond donors (Lipinski definition) is 3. The fourth-order valence-corrected chi connectivity index (χ4v) is 4.61. The van der Waals surface area contributed by atoms with E-state index in [0.717, 1.165) is 10.6 Å². The maximum atomic E-state index is 13.2. The number of anilines is 2. The number of aromatic nitrogens is 2. The van der Waals surface area contributed by atoms with E-state index in [4.69, 9.17) is 0 Å². The molecule has 8 nitrogen and oxygen atoms in total. The molecule has 0 radical (unpaired) electrons. The van der Waals surface area contributed by atoms with Crippen molar-refractivity contribution in [2.45, 2.75) is 11.8 Å². The highest BCUT2D eigenvalue weighted by atomic mass is 32.2. The van der Waals surface area contributed by atoms with Gasteiger partial charge in [0, 0.05) is 33.9 Å². The molecule has 0 aliphatic heterocycles. The average Bonchev–Trinajstić information content (AvgIpc) is 3.32. The molecule has 2 aromatic heterocycles. The number of thioether (sulfide) groups is 1. The molecule has 0 saturated heterocycles. The molecule has 3 amide bonds. The van der Waals surface area contributed by atoms with Crippen molar-refractivity contribution in [1.29, 1.82) is 0 Å². The third kappa shape index (κ3) is 7.86. The minimum absolute atomic E-state index is 0.0676. The third-order valence-corrected chi connectivity index (χ3v) is 6.72. The summed E-state index contributed by atoms with van der Waals surface area (Å²) in [6, 6.07) is 19.3. The standard InChI is InChI=1S/C27H23N5O3S2/c1-18-16-37-27(29-18)32-24(33)17-36-22-11-5-10-21(14-22)30-26(35)23(13-19-7-6-12-28-15-19)31-25(34)20-8-3-2-4-9-20/h2-16H,17H2,1H3,(H,30,35)(H,31,34)(H,29,32,33)/b23-13-. The van der Waals surface area contributed by atoms with Crippen molar-refractivity contribution in [2.75, 3.05) is 16.4 Å². The lowest BCUT2D eigenvalue weighted by atomic mass is 10.2. The van der Waals surface area contributed by atoms with E-state index >= 15 is 0 Å². The van der Waals surface area contributed by atoms with Gasteiger partial charge in [-0.05, 0) is 55.0 Å². The van der Waals surface area contributed by atoms with E-state index in [2.05, 4.69) is 25.9 Å². The number of carbonyl (C=O) groups excluding carboxylic acids is 3. The van der Waals surface area contributed by atoms with Crippen LogP contribution in [0.25, 0.3) is 6.08 Å². The lowest BCUT2D eigenvalue weighted by Crippen LogP contribution is -2.30. The van der Waals surface area contributed by atoms with E-state index in [9.17, 15) is 14.4 Å². The van der Waals surface area contributed by atoms with E-state index in [-0.39, 0.29) is 17.4 Å². The van der Waals surface area contributed by atoms with E-state index < -0.39 is 11.8 Å². The van der Waals surface area contributed by atoms with Crippen molar-refractivity contribution in [3.05, 3.63) is 107 Å². The van der Waals surface area contributed by atoms with E-state index in [0.29, 0.717) is 21.9 Å². The summed E-state index contributed by atoms with van der Waals surface area (Å²) >= 11 is 2.71. The number of hydrogen-bond acceptors (Lipinski definition) is 7. The first kappa shape index (κ1) is 25.8. The number of amides is 3. The van der Waals surface area contributed by atoms with Gasteiger partial charge in [0.05, 0.1) is 11.4 Å². The Morgan fingerprint density at radius 2 is 1.84 bits per heavy atom. The van der Waals surface area contributed by atoms with Crippen molar-refractivity contribution in [3.63, 3.8) is 0 Å². The summed E-state index contributed by atoms with van der Waals surface area (Å²) in [4.78, 5) is 47.3. The third-order valence-electron chi connectivity index (χ3n) is 4.85. The highest BCUT2D eigenvalue weighted by Crippen LogP contribution is 2.23. The molecule has 2 aromatic carbocycles. The topological polar surface area (TPSA) is 113 Å². The highest BCUT2D eigenvalue weighted by Gasteiger charge is 2.15. The predicted molar refractivity (Wildman–Crippen MR) is 147 cm³/mol. The summed E-state index contributed by atoms with van der Waals surface area (Å²) in [6.07, 6.45) is 4.78. The van der Waals surface area contributed by atoms with Gasteiger partial charge in [-0.25, -0.2) is 4.98 Å². The van der Waals surface area contributed by atoms with Crippen LogP contribution in [0.3, 0.4) is 0 Å². The molecule has 0 aliphatic rings. The van der Waals surface area contributed by atoms with Gasteiger partial charge in [-0.3, -0.25) is 19.4 Å². The van der Waals surface area contributed by atoms with Crippen LogP contribution in [0.15, 0.2) is 95.1 Å². The molecule has 4 aromatic rings. The Balaban J connectivity index is 1.43. The number of thiazole rings is 1. The maximum absolute atomic E-state index is 13.2. The summed E-state index contributed by atoms with van der Waals surface area (Å²) in [6.45, 7) is 1.87. The monoisotopic (exact) mass is 529 g/mol. The second kappa shape index (κ2) is 12.6. The van der Waals surface area contributed by atoms with Crippen molar-refractivity contribution >= 4 is 57.7 Å². The Morgan fingerprint density at radius 1 is 1.00 bits per heavy atom. The minimum atomic E-state index is -0.493. The molecule has 186 valence electrons. The zero-order chi connectivity index (χ0) is 26.0. The van der Waals surface area contributed by atoms with Crippen molar-refractivity contribution in [2.24, 2.45) is 0 Å². The SMILES string of the molecule is Cc1csc(NC(=O)CSc2cccc(NC(=O)/C(=C/c3cccnc3)NC(=O)c3ccccc3)c2)n1. The molecule has 4 rings (SSSR count). The Hall–Kier alpha value is -4.28. The average molecular weight is 530 g/mol. The van der Waals surface area contributed by atoms with Crippen LogP contribution < -0.4 is 16.0 Å². The molecule has 0 atom stereocenters. The molecule has 0 unspecified atom stereocenters. The van der Waals surface area contributed by atoms with Crippen LogP contribution >= 0.6 is 23.1 Å². The number of pyridine rings is 1. The van der Waals surface area contributed by atoms with Crippen molar-refractivity contribution in [3.8, 4) is 0 Å². The van der Waals surface area contributed by atoms with E-state index in [1.54, 1.807) is 73.1 Å². The van der Waals surface area contributed by atoms with Crippen LogP contribution in [0, 0.1) is 6.92 Å². The second-order valence-electron chi connectivity index (χ2n) is 7.78. The molecular weight excluding hydrogens is 506 g/mol. The molecule has 0 spiro atoms. The molecule has 10 heteroatoms. The Kier molecular flexibility index (Phi) is 8.79. The van der Waals surface area contributed by atoms with Gasteiger partial charge in [-0.15, -0.1) is 23.1 Å². The van der Waals surface area contributed by atoms with Crippen LogP contribution in [0.2, 0.25) is 0 Å². The predicted octanol–water partition coefficient (Wildman–Crippen LogP) is 4.99. The lowest BCUT2D eigenvalue weighted by molar-refractivity contribution is -0.114. The van der Waals surface area contributed by atoms with Gasteiger partial charge in [0.15, 0.2) is 5.13 Å². The van der Waals surface area contributed by atoms with Gasteiger partial charge in [-0.1, -0.05) is 30.3 Å².